The Kier molecular flexibility index (Phi) is 11.3. The molecule has 0 aliphatic heterocycles. The Morgan fingerprint density at radius 1 is 0.619 bits per heavy atom. The Hall–Kier alpha value is -2.44. The van der Waals surface area contributed by atoms with Crippen LogP contribution in [0.3, 0.4) is 0 Å². The molecule has 2 unspecified atom stereocenters. The number of benzene rings is 1. The van der Waals surface area contributed by atoms with Crippen LogP contribution < -0.4 is 21.3 Å². The van der Waals surface area contributed by atoms with Crippen LogP contribution >= 0.6 is 24.4 Å². The molecule has 4 N–H and O–H groups in total. The first-order valence-corrected chi connectivity index (χ1v) is 17.3. The minimum absolute atomic E-state index is 0.0743. The summed E-state index contributed by atoms with van der Waals surface area (Å²) >= 11 is 11.7. The highest BCUT2D eigenvalue weighted by Crippen LogP contribution is 2.38. The molecular weight excluding hydrogens is 553 g/mol. The van der Waals surface area contributed by atoms with Gasteiger partial charge in [0.05, 0.1) is 11.1 Å². The van der Waals surface area contributed by atoms with E-state index in [0.717, 1.165) is 23.1 Å². The summed E-state index contributed by atoms with van der Waals surface area (Å²) in [6, 6.07) is 8.71. The summed E-state index contributed by atoms with van der Waals surface area (Å²) in [5.41, 5.74) is 2.29. The Balaban J connectivity index is 1.13. The number of rotatable bonds is 8. The van der Waals surface area contributed by atoms with E-state index in [-0.39, 0.29) is 11.1 Å². The molecule has 0 aromatic heterocycles. The highest BCUT2D eigenvalue weighted by Gasteiger charge is 2.38. The smallest absolute Gasteiger partial charge is 0.167 e. The minimum atomic E-state index is -0.0743. The summed E-state index contributed by atoms with van der Waals surface area (Å²) in [5.74, 6) is 1.24. The maximum absolute atomic E-state index is 5.85. The van der Waals surface area contributed by atoms with Crippen molar-refractivity contribution >= 4 is 34.7 Å². The maximum atomic E-state index is 5.85. The Bertz CT molecular complexity index is 1080. The zero-order chi connectivity index (χ0) is 29.1. The Morgan fingerprint density at radius 3 is 1.43 bits per heavy atom. The van der Waals surface area contributed by atoms with Crippen LogP contribution in [0.4, 0.5) is 0 Å². The molecule has 4 aliphatic carbocycles. The molecule has 1 aromatic rings. The van der Waals surface area contributed by atoms with Gasteiger partial charge in [-0.05, 0) is 85.9 Å². The van der Waals surface area contributed by atoms with E-state index < -0.39 is 0 Å². The van der Waals surface area contributed by atoms with Gasteiger partial charge in [-0.2, -0.15) is 0 Å². The molecule has 226 valence electrons. The van der Waals surface area contributed by atoms with Crippen LogP contribution in [0.25, 0.3) is 0 Å². The lowest BCUT2D eigenvalue weighted by molar-refractivity contribution is 0.270. The summed E-state index contributed by atoms with van der Waals surface area (Å²) in [4.78, 5) is 0. The summed E-state index contributed by atoms with van der Waals surface area (Å²) in [6.45, 7) is 1.40. The monoisotopic (exact) mass is 602 g/mol. The Morgan fingerprint density at radius 2 is 1.05 bits per heavy atom. The predicted octanol–water partition coefficient (Wildman–Crippen LogP) is 8.07. The second-order valence-corrected chi connectivity index (χ2v) is 13.7. The van der Waals surface area contributed by atoms with Crippen molar-refractivity contribution < 1.29 is 0 Å². The van der Waals surface area contributed by atoms with Crippen LogP contribution in [0.2, 0.25) is 0 Å². The fourth-order valence-corrected chi connectivity index (χ4v) is 8.11. The van der Waals surface area contributed by atoms with E-state index in [1.54, 1.807) is 0 Å². The fraction of sp³-hybridized carbons (Fsp3) is 0.556. The van der Waals surface area contributed by atoms with E-state index in [1.165, 1.54) is 88.2 Å². The SMILES string of the molecule is S=C(NCc1cccc(CNC(=S)NC2(C3CCCCCC3)C=CC=CC2)c1)NC1(C2CCCCCC2)C=CC=CC1. The first-order chi connectivity index (χ1) is 20.6. The van der Waals surface area contributed by atoms with Gasteiger partial charge >= 0.3 is 0 Å². The number of hydrogen-bond acceptors (Lipinski definition) is 2. The molecule has 4 aliphatic rings. The standard InChI is InChI=1S/C36H50N4S2/c41-33(39-35(22-11-5-12-23-35)31-18-7-1-2-8-19-31)37-27-29-16-15-17-30(26-29)28-38-34(42)40-36(24-13-6-14-25-36)32-20-9-3-4-10-21-32/h5-6,11-17,22,24,26,31-32H,1-4,7-10,18-21,23,25,27-28H2,(H2,37,39,41)(H2,38,40,42). The molecule has 0 spiro atoms. The molecule has 5 rings (SSSR count). The number of allylic oxidation sites excluding steroid dienone is 4. The van der Waals surface area contributed by atoms with Gasteiger partial charge in [-0.3, -0.25) is 0 Å². The molecule has 42 heavy (non-hydrogen) atoms. The van der Waals surface area contributed by atoms with Crippen LogP contribution in [0.1, 0.15) is 101 Å². The van der Waals surface area contributed by atoms with Crippen LogP contribution in [0.15, 0.2) is 72.9 Å². The predicted molar refractivity (Wildman–Crippen MR) is 185 cm³/mol. The van der Waals surface area contributed by atoms with Crippen molar-refractivity contribution in [2.45, 2.75) is 114 Å². The number of nitrogens with one attached hydrogen (secondary N) is 4. The second-order valence-electron chi connectivity index (χ2n) is 12.9. The molecule has 2 saturated carbocycles. The molecule has 2 fully saturated rings. The van der Waals surface area contributed by atoms with E-state index in [1.807, 2.05) is 0 Å². The number of thiocarbonyl (C=S) groups is 2. The van der Waals surface area contributed by atoms with Crippen molar-refractivity contribution in [2.75, 3.05) is 0 Å². The van der Waals surface area contributed by atoms with E-state index >= 15 is 0 Å². The van der Waals surface area contributed by atoms with Gasteiger partial charge in [0.2, 0.25) is 0 Å². The summed E-state index contributed by atoms with van der Waals surface area (Å²) in [5, 5.41) is 16.0. The highest BCUT2D eigenvalue weighted by atomic mass is 32.1. The van der Waals surface area contributed by atoms with E-state index in [0.29, 0.717) is 24.9 Å². The first-order valence-electron chi connectivity index (χ1n) is 16.5. The maximum Gasteiger partial charge on any atom is 0.167 e. The molecule has 0 bridgehead atoms. The Labute approximate surface area is 265 Å². The van der Waals surface area contributed by atoms with Gasteiger partial charge in [0.15, 0.2) is 10.2 Å². The van der Waals surface area contributed by atoms with Crippen LogP contribution in [0, 0.1) is 11.8 Å². The van der Waals surface area contributed by atoms with Crippen molar-refractivity contribution in [2.24, 2.45) is 11.8 Å². The molecule has 1 aromatic carbocycles. The van der Waals surface area contributed by atoms with Crippen LogP contribution in [-0.4, -0.2) is 21.3 Å². The molecule has 2 atom stereocenters. The topological polar surface area (TPSA) is 48.1 Å². The van der Waals surface area contributed by atoms with E-state index in [4.69, 9.17) is 24.4 Å². The summed E-state index contributed by atoms with van der Waals surface area (Å²) < 4.78 is 0. The van der Waals surface area contributed by atoms with Gasteiger partial charge in [0.1, 0.15) is 0 Å². The average Bonchev–Trinajstić information content (AvgIpc) is 3.47. The zero-order valence-electron chi connectivity index (χ0n) is 25.2. The normalized spacial score (nSPS) is 26.7. The van der Waals surface area contributed by atoms with Gasteiger partial charge in [0, 0.05) is 13.1 Å². The fourth-order valence-electron chi connectivity index (χ4n) is 7.58. The second kappa shape index (κ2) is 15.3. The van der Waals surface area contributed by atoms with Gasteiger partial charge in [-0.1, -0.05) is 124 Å². The van der Waals surface area contributed by atoms with Crippen molar-refractivity contribution in [3.8, 4) is 0 Å². The molecule has 0 radical (unpaired) electrons. The molecule has 0 saturated heterocycles. The van der Waals surface area contributed by atoms with E-state index in [9.17, 15) is 0 Å². The lowest BCUT2D eigenvalue weighted by Gasteiger charge is -2.41. The minimum Gasteiger partial charge on any atom is -0.359 e. The van der Waals surface area contributed by atoms with Gasteiger partial charge in [-0.25, -0.2) is 0 Å². The van der Waals surface area contributed by atoms with Crippen molar-refractivity contribution in [3.63, 3.8) is 0 Å². The largest absolute Gasteiger partial charge is 0.359 e. The lowest BCUT2D eigenvalue weighted by Crippen LogP contribution is -2.55. The van der Waals surface area contributed by atoms with Gasteiger partial charge < -0.3 is 21.3 Å². The molecule has 0 heterocycles. The van der Waals surface area contributed by atoms with Crippen LogP contribution in [-0.2, 0) is 13.1 Å². The van der Waals surface area contributed by atoms with Crippen molar-refractivity contribution in [3.05, 3.63) is 84.0 Å². The average molecular weight is 603 g/mol. The van der Waals surface area contributed by atoms with Crippen LogP contribution in [0.5, 0.6) is 0 Å². The molecule has 4 nitrogen and oxygen atoms in total. The quantitative estimate of drug-likeness (QED) is 0.178. The summed E-state index contributed by atoms with van der Waals surface area (Å²) in [7, 11) is 0. The van der Waals surface area contributed by atoms with Gasteiger partial charge in [0.25, 0.3) is 0 Å². The third kappa shape index (κ3) is 8.35. The third-order valence-electron chi connectivity index (χ3n) is 9.95. The third-order valence-corrected chi connectivity index (χ3v) is 10.4. The number of hydrogen-bond donors (Lipinski definition) is 4. The highest BCUT2D eigenvalue weighted by molar-refractivity contribution is 7.80. The van der Waals surface area contributed by atoms with Gasteiger partial charge in [-0.15, -0.1) is 0 Å². The van der Waals surface area contributed by atoms with E-state index in [2.05, 4.69) is 94.1 Å². The molecular formula is C36H50N4S2. The summed E-state index contributed by atoms with van der Waals surface area (Å²) in [6.07, 6.45) is 35.8. The van der Waals surface area contributed by atoms with Crippen molar-refractivity contribution in [1.29, 1.82) is 0 Å². The van der Waals surface area contributed by atoms with Crippen molar-refractivity contribution in [1.82, 2.24) is 21.3 Å². The lowest BCUT2D eigenvalue weighted by atomic mass is 9.75. The molecule has 0 amide bonds. The first kappa shape index (κ1) is 31.0. The zero-order valence-corrected chi connectivity index (χ0v) is 26.8. The molecule has 6 heteroatoms.